The molecule has 4 aliphatic heterocycles. The highest BCUT2D eigenvalue weighted by Crippen LogP contribution is 2.52. The molecule has 5 atom stereocenters. The van der Waals surface area contributed by atoms with Gasteiger partial charge in [0, 0.05) is 18.4 Å². The number of hydrogen-bond donors (Lipinski definition) is 2. The number of quaternary nitrogens is 1. The van der Waals surface area contributed by atoms with Gasteiger partial charge in [0.1, 0.15) is 23.7 Å². The molecular weight excluding hydrogens is 373 g/mol. The summed E-state index contributed by atoms with van der Waals surface area (Å²) in [7, 11) is 0. The molecule has 2 aromatic rings. The Morgan fingerprint density at radius 3 is 2.72 bits per heavy atom. The van der Waals surface area contributed by atoms with Crippen molar-refractivity contribution in [2.75, 3.05) is 16.8 Å². The van der Waals surface area contributed by atoms with E-state index in [4.69, 9.17) is 0 Å². The number of carbonyl (C=O) groups is 3. The minimum Gasteiger partial charge on any atom is -0.320 e. The molecule has 0 aliphatic carbocycles. The molecule has 0 saturated carbocycles. The Bertz CT molecular complexity index is 1100. The van der Waals surface area contributed by atoms with Crippen molar-refractivity contribution in [3.63, 3.8) is 0 Å². The van der Waals surface area contributed by atoms with Gasteiger partial charge in [-0.2, -0.15) is 0 Å². The van der Waals surface area contributed by atoms with Crippen LogP contribution in [0.3, 0.4) is 0 Å². The van der Waals surface area contributed by atoms with E-state index < -0.39 is 29.1 Å². The lowest BCUT2D eigenvalue weighted by atomic mass is 9.75. The van der Waals surface area contributed by atoms with Crippen LogP contribution in [0.1, 0.15) is 18.4 Å². The van der Waals surface area contributed by atoms with E-state index in [0.29, 0.717) is 5.69 Å². The van der Waals surface area contributed by atoms with Gasteiger partial charge in [0.2, 0.25) is 17.4 Å². The monoisotopic (exact) mass is 392 g/mol. The molecule has 0 radical (unpaired) electrons. The van der Waals surface area contributed by atoms with Crippen LogP contribution in [-0.4, -0.2) is 30.3 Å². The Morgan fingerprint density at radius 1 is 1.07 bits per heavy atom. The van der Waals surface area contributed by atoms with Gasteiger partial charge < -0.3 is 10.2 Å². The van der Waals surface area contributed by atoms with E-state index in [1.807, 2.05) is 24.3 Å². The van der Waals surface area contributed by atoms with Gasteiger partial charge >= 0.3 is 0 Å². The summed E-state index contributed by atoms with van der Waals surface area (Å²) in [6, 6.07) is 12.9. The average molecular weight is 392 g/mol. The van der Waals surface area contributed by atoms with Crippen LogP contribution in [0.5, 0.6) is 0 Å². The van der Waals surface area contributed by atoms with Gasteiger partial charge in [0.25, 0.3) is 5.91 Å². The SMILES string of the molecule is O=C1[C@@H]2[C@H]3CCC[NH+]3[C@@]3(C(=O)Nc4ccccc43)[C@@H]2C(=O)N1c1cccc(F)c1. The molecule has 7 heteroatoms. The van der Waals surface area contributed by atoms with Gasteiger partial charge in [-0.1, -0.05) is 24.3 Å². The first-order chi connectivity index (χ1) is 14.0. The lowest BCUT2D eigenvalue weighted by Crippen LogP contribution is -3.19. The van der Waals surface area contributed by atoms with Gasteiger partial charge in [0.05, 0.1) is 17.9 Å². The summed E-state index contributed by atoms with van der Waals surface area (Å²) in [6.45, 7) is 0.750. The maximum absolute atomic E-state index is 13.8. The number of nitrogens with zero attached hydrogens (tertiary/aromatic N) is 1. The molecule has 6 rings (SSSR count). The minimum atomic E-state index is -1.10. The van der Waals surface area contributed by atoms with Crippen LogP contribution in [0, 0.1) is 17.7 Å². The first-order valence-corrected chi connectivity index (χ1v) is 9.95. The van der Waals surface area contributed by atoms with Gasteiger partial charge in [-0.25, -0.2) is 9.29 Å². The highest BCUT2D eigenvalue weighted by Gasteiger charge is 2.78. The molecule has 4 aliphatic rings. The van der Waals surface area contributed by atoms with Gasteiger partial charge in [-0.05, 0) is 24.3 Å². The Labute approximate surface area is 166 Å². The quantitative estimate of drug-likeness (QED) is 0.707. The average Bonchev–Trinajstić information content (AvgIpc) is 3.40. The summed E-state index contributed by atoms with van der Waals surface area (Å²) in [5.74, 6) is -2.78. The molecule has 4 heterocycles. The predicted octanol–water partition coefficient (Wildman–Crippen LogP) is 0.840. The van der Waals surface area contributed by atoms with Crippen molar-refractivity contribution in [2.24, 2.45) is 11.8 Å². The predicted molar refractivity (Wildman–Crippen MR) is 101 cm³/mol. The fraction of sp³-hybridized carbons (Fsp3) is 0.318. The van der Waals surface area contributed by atoms with Crippen LogP contribution in [-0.2, 0) is 19.9 Å². The normalized spacial score (nSPS) is 34.5. The molecule has 2 N–H and O–H groups in total. The molecule has 1 unspecified atom stereocenters. The number of para-hydroxylation sites is 1. The minimum absolute atomic E-state index is 0.0908. The highest BCUT2D eigenvalue weighted by atomic mass is 19.1. The van der Waals surface area contributed by atoms with Crippen LogP contribution < -0.4 is 15.1 Å². The molecular formula is C22H19FN3O3+. The molecule has 3 fully saturated rings. The summed E-state index contributed by atoms with van der Waals surface area (Å²) in [5.41, 5.74) is 0.634. The van der Waals surface area contributed by atoms with Crippen LogP contribution >= 0.6 is 0 Å². The summed E-state index contributed by atoms with van der Waals surface area (Å²) in [6.07, 6.45) is 1.70. The lowest BCUT2D eigenvalue weighted by Gasteiger charge is -2.33. The molecule has 3 amide bonds. The standard InChI is InChI=1S/C22H18FN3O3/c23-12-5-3-6-13(11-12)26-19(27)17-16-9-4-10-25(16)22(18(17)20(26)28)14-7-1-2-8-15(14)24-21(22)29/h1-3,5-8,11,16-18H,4,9-10H2,(H,24,29)/p+1/t16-,17-,18+,22-/m1/s1. The molecule has 3 saturated heterocycles. The van der Waals surface area contributed by atoms with Crippen molar-refractivity contribution < 1.29 is 23.7 Å². The Kier molecular flexibility index (Phi) is 3.20. The second-order valence-electron chi connectivity index (χ2n) is 8.33. The summed E-state index contributed by atoms with van der Waals surface area (Å²) >= 11 is 0. The fourth-order valence-electron chi connectivity index (χ4n) is 6.29. The zero-order valence-corrected chi connectivity index (χ0v) is 15.5. The van der Waals surface area contributed by atoms with Crippen LogP contribution in [0.15, 0.2) is 48.5 Å². The first kappa shape index (κ1) is 16.9. The van der Waals surface area contributed by atoms with E-state index >= 15 is 0 Å². The summed E-state index contributed by atoms with van der Waals surface area (Å²) < 4.78 is 13.8. The molecule has 0 aromatic heterocycles. The Hall–Kier alpha value is -3.06. The lowest BCUT2D eigenvalue weighted by molar-refractivity contribution is -0.948. The van der Waals surface area contributed by atoms with E-state index in [1.165, 1.54) is 18.2 Å². The van der Waals surface area contributed by atoms with Crippen molar-refractivity contribution in [1.29, 1.82) is 0 Å². The topological polar surface area (TPSA) is 70.9 Å². The molecule has 6 nitrogen and oxygen atoms in total. The number of amides is 3. The highest BCUT2D eigenvalue weighted by molar-refractivity contribution is 6.25. The Morgan fingerprint density at radius 2 is 1.90 bits per heavy atom. The molecule has 146 valence electrons. The smallest absolute Gasteiger partial charge is 0.291 e. The first-order valence-electron chi connectivity index (χ1n) is 9.95. The van der Waals surface area contributed by atoms with E-state index in [9.17, 15) is 18.8 Å². The van der Waals surface area contributed by atoms with Crippen LogP contribution in [0.2, 0.25) is 0 Å². The van der Waals surface area contributed by atoms with E-state index in [0.717, 1.165) is 34.7 Å². The van der Waals surface area contributed by atoms with Crippen molar-refractivity contribution in [3.8, 4) is 0 Å². The van der Waals surface area contributed by atoms with Gasteiger partial charge in [-0.3, -0.25) is 14.4 Å². The summed E-state index contributed by atoms with van der Waals surface area (Å²) in [5, 5.41) is 2.95. The summed E-state index contributed by atoms with van der Waals surface area (Å²) in [4.78, 5) is 42.6. The van der Waals surface area contributed by atoms with Gasteiger partial charge in [0.15, 0.2) is 0 Å². The number of halogens is 1. The van der Waals surface area contributed by atoms with E-state index in [1.54, 1.807) is 6.07 Å². The molecule has 29 heavy (non-hydrogen) atoms. The van der Waals surface area contributed by atoms with Crippen molar-refractivity contribution in [2.45, 2.75) is 24.4 Å². The molecule has 1 spiro atoms. The maximum atomic E-state index is 13.8. The zero-order chi connectivity index (χ0) is 19.9. The van der Waals surface area contributed by atoms with Crippen LogP contribution in [0.25, 0.3) is 0 Å². The van der Waals surface area contributed by atoms with Crippen molar-refractivity contribution in [3.05, 3.63) is 59.9 Å². The largest absolute Gasteiger partial charge is 0.320 e. The number of benzene rings is 2. The maximum Gasteiger partial charge on any atom is 0.291 e. The second-order valence-corrected chi connectivity index (χ2v) is 8.33. The Balaban J connectivity index is 1.56. The van der Waals surface area contributed by atoms with Crippen molar-refractivity contribution in [1.82, 2.24) is 0 Å². The number of nitrogens with one attached hydrogen (secondary N) is 2. The third kappa shape index (κ3) is 1.86. The molecule has 2 aromatic carbocycles. The second kappa shape index (κ2) is 5.51. The zero-order valence-electron chi connectivity index (χ0n) is 15.5. The van der Waals surface area contributed by atoms with Crippen LogP contribution in [0.4, 0.5) is 15.8 Å². The van der Waals surface area contributed by atoms with Crippen molar-refractivity contribution >= 4 is 29.1 Å². The van der Waals surface area contributed by atoms with Gasteiger partial charge in [-0.15, -0.1) is 0 Å². The van der Waals surface area contributed by atoms with E-state index in [-0.39, 0.29) is 23.5 Å². The number of fused-ring (bicyclic) bond motifs is 7. The molecule has 0 bridgehead atoms. The number of hydrogen-bond acceptors (Lipinski definition) is 3. The fourth-order valence-corrected chi connectivity index (χ4v) is 6.29. The van der Waals surface area contributed by atoms with E-state index in [2.05, 4.69) is 5.32 Å². The third-order valence-corrected chi connectivity index (χ3v) is 7.19. The number of carbonyl (C=O) groups excluding carboxylic acids is 3. The number of anilines is 2. The number of imide groups is 1. The third-order valence-electron chi connectivity index (χ3n) is 7.19. The number of rotatable bonds is 1.